The van der Waals surface area contributed by atoms with E-state index in [2.05, 4.69) is 62.8 Å². The molecule has 446 valence electrons. The number of H-pyrrole nitrogens is 2. The van der Waals surface area contributed by atoms with Gasteiger partial charge in [-0.25, -0.2) is 9.78 Å². The maximum Gasteiger partial charge on any atom is 0.409 e. The van der Waals surface area contributed by atoms with Crippen molar-refractivity contribution in [2.45, 2.75) is 148 Å². The van der Waals surface area contributed by atoms with Crippen molar-refractivity contribution >= 4 is 93.7 Å². The van der Waals surface area contributed by atoms with Gasteiger partial charge in [0.05, 0.1) is 19.3 Å². The van der Waals surface area contributed by atoms with Crippen molar-refractivity contribution in [2.75, 3.05) is 18.6 Å². The van der Waals surface area contributed by atoms with Gasteiger partial charge in [-0.2, -0.15) is 11.8 Å². The second-order valence-electron chi connectivity index (χ2n) is 21.1. The first kappa shape index (κ1) is 67.0. The number of aromatic amines is 2. The van der Waals surface area contributed by atoms with Crippen LogP contribution in [0.5, 0.6) is 0 Å². The van der Waals surface area contributed by atoms with E-state index in [4.69, 9.17) is 21.9 Å². The SMILES string of the molecule is CSCCC(C(N)=O)C(=O)N[C@H](CC(C)C)C(=O)N[C@H](Cc1cnc[nH]1)C(=O)NCC(=O)N[C@@H](C(=O)N[C@@H](C)C(=O)N[C@H](Cc1c[nH]c2ccccc12)C(=O)N[C@@H](CCC(N)=O)C(=O)N[C@H](CC(N)=O)NC(=O)OC(C)(C)C)C(C)C. The van der Waals surface area contributed by atoms with E-state index < -0.39 is 150 Å². The Morgan fingerprint density at radius 1 is 0.667 bits per heavy atom. The summed E-state index contributed by atoms with van der Waals surface area (Å²) in [4.78, 5) is 169. The van der Waals surface area contributed by atoms with Crippen molar-refractivity contribution in [3.63, 3.8) is 0 Å². The lowest BCUT2D eigenvalue weighted by atomic mass is 9.99. The molecular weight excluding hydrogens is 1070 g/mol. The maximum absolute atomic E-state index is 14.3. The number of amides is 12. The molecule has 12 amide bonds. The summed E-state index contributed by atoms with van der Waals surface area (Å²) in [7, 11) is 0. The fraction of sp³-hybridized carbons (Fsp3) is 0.558. The Hall–Kier alpha value is -8.24. The van der Waals surface area contributed by atoms with Gasteiger partial charge in [0.15, 0.2) is 0 Å². The molecule has 0 saturated carbocycles. The predicted molar refractivity (Wildman–Crippen MR) is 298 cm³/mol. The van der Waals surface area contributed by atoms with Crippen molar-refractivity contribution in [3.05, 3.63) is 54.2 Å². The van der Waals surface area contributed by atoms with E-state index in [1.807, 2.05) is 13.8 Å². The number of thioether (sulfide) groups is 1. The third kappa shape index (κ3) is 23.6. The molecule has 0 spiro atoms. The Morgan fingerprint density at radius 2 is 1.28 bits per heavy atom. The summed E-state index contributed by atoms with van der Waals surface area (Å²) in [5, 5.41) is 23.4. The molecule has 81 heavy (non-hydrogen) atoms. The lowest BCUT2D eigenvalue weighted by molar-refractivity contribution is -0.137. The van der Waals surface area contributed by atoms with Gasteiger partial charge in [-0.15, -0.1) is 0 Å². The van der Waals surface area contributed by atoms with Crippen LogP contribution >= 0.6 is 11.8 Å². The van der Waals surface area contributed by atoms with Crippen LogP contribution in [0.4, 0.5) is 4.79 Å². The highest BCUT2D eigenvalue weighted by Crippen LogP contribution is 2.20. The fourth-order valence-electron chi connectivity index (χ4n) is 8.05. The number of alkyl carbamates (subject to hydrolysis) is 1. The number of fused-ring (bicyclic) bond motifs is 1. The summed E-state index contributed by atoms with van der Waals surface area (Å²) in [5.41, 5.74) is 17.0. The molecule has 29 heteroatoms. The monoisotopic (exact) mass is 1150 g/mol. The smallest absolute Gasteiger partial charge is 0.409 e. The highest BCUT2D eigenvalue weighted by atomic mass is 32.2. The number of ether oxygens (including phenoxy) is 1. The number of nitrogens with zero attached hydrogens (tertiary/aromatic N) is 1. The molecule has 0 radical (unpaired) electrons. The second-order valence-corrected chi connectivity index (χ2v) is 22.1. The average molecular weight is 1150 g/mol. The number of hydrogen-bond donors (Lipinski definition) is 14. The van der Waals surface area contributed by atoms with E-state index in [1.165, 1.54) is 31.2 Å². The van der Waals surface area contributed by atoms with Crippen LogP contribution < -0.4 is 65.1 Å². The van der Waals surface area contributed by atoms with Crippen LogP contribution in [0, 0.1) is 17.8 Å². The Labute approximate surface area is 473 Å². The summed E-state index contributed by atoms with van der Waals surface area (Å²) in [6, 6.07) is -1.06. The van der Waals surface area contributed by atoms with Crippen LogP contribution in [0.3, 0.4) is 0 Å². The first-order valence-electron chi connectivity index (χ1n) is 26.2. The molecule has 3 aromatic rings. The number of nitrogens with two attached hydrogens (primary N) is 3. The Kier molecular flexibility index (Phi) is 26.6. The van der Waals surface area contributed by atoms with Crippen molar-refractivity contribution < 1.29 is 62.3 Å². The Bertz CT molecular complexity index is 2690. The van der Waals surface area contributed by atoms with Crippen molar-refractivity contribution in [2.24, 2.45) is 35.0 Å². The van der Waals surface area contributed by atoms with Gasteiger partial charge in [0.2, 0.25) is 65.0 Å². The lowest BCUT2D eigenvalue weighted by Crippen LogP contribution is -2.60. The normalized spacial score (nSPS) is 14.3. The quantitative estimate of drug-likeness (QED) is 0.0241. The van der Waals surface area contributed by atoms with Gasteiger partial charge in [0.25, 0.3) is 0 Å². The summed E-state index contributed by atoms with van der Waals surface area (Å²) in [6.07, 6.45) is 2.38. The summed E-state index contributed by atoms with van der Waals surface area (Å²) >= 11 is 1.41. The van der Waals surface area contributed by atoms with E-state index in [1.54, 1.807) is 71.3 Å². The molecule has 0 fully saturated rings. The molecular formula is C52H79N15O13S. The van der Waals surface area contributed by atoms with Crippen molar-refractivity contribution in [3.8, 4) is 0 Å². The number of para-hydroxylation sites is 1. The van der Waals surface area contributed by atoms with Crippen LogP contribution in [-0.4, -0.2) is 153 Å². The number of nitrogens with one attached hydrogen (secondary N) is 11. The van der Waals surface area contributed by atoms with E-state index in [0.29, 0.717) is 27.9 Å². The molecule has 0 aliphatic rings. The summed E-state index contributed by atoms with van der Waals surface area (Å²) in [6.45, 7) is 12.2. The van der Waals surface area contributed by atoms with E-state index in [-0.39, 0.29) is 38.0 Å². The molecule has 8 atom stereocenters. The topological polar surface area (TPSA) is 445 Å². The summed E-state index contributed by atoms with van der Waals surface area (Å²) < 4.78 is 5.24. The molecule has 1 aromatic carbocycles. The largest absolute Gasteiger partial charge is 0.444 e. The first-order valence-corrected chi connectivity index (χ1v) is 27.6. The third-order valence-corrected chi connectivity index (χ3v) is 12.8. The number of carbonyl (C=O) groups is 12. The molecule has 0 saturated heterocycles. The van der Waals surface area contributed by atoms with Gasteiger partial charge < -0.3 is 79.8 Å². The molecule has 1 unspecified atom stereocenters. The van der Waals surface area contributed by atoms with Crippen LogP contribution in [0.2, 0.25) is 0 Å². The maximum atomic E-state index is 14.3. The summed E-state index contributed by atoms with van der Waals surface area (Å²) in [5.74, 6) is -10.8. The predicted octanol–water partition coefficient (Wildman–Crippen LogP) is -1.61. The minimum atomic E-state index is -1.54. The highest BCUT2D eigenvalue weighted by molar-refractivity contribution is 7.98. The molecule has 17 N–H and O–H groups in total. The first-order chi connectivity index (χ1) is 38.0. The van der Waals surface area contributed by atoms with Crippen LogP contribution in [0.15, 0.2) is 43.0 Å². The lowest BCUT2D eigenvalue weighted by Gasteiger charge is -2.27. The Balaban J connectivity index is 1.80. The number of hydrogen-bond acceptors (Lipinski definition) is 15. The Morgan fingerprint density at radius 3 is 1.88 bits per heavy atom. The minimum absolute atomic E-state index is 0.122. The van der Waals surface area contributed by atoms with Crippen LogP contribution in [0.1, 0.15) is 98.8 Å². The van der Waals surface area contributed by atoms with E-state index in [0.717, 1.165) is 0 Å². The molecule has 0 bridgehead atoms. The van der Waals surface area contributed by atoms with Gasteiger partial charge in [-0.3, -0.25) is 52.7 Å². The number of rotatable bonds is 33. The van der Waals surface area contributed by atoms with Gasteiger partial charge >= 0.3 is 6.09 Å². The minimum Gasteiger partial charge on any atom is -0.444 e. The molecule has 0 aliphatic carbocycles. The molecule has 2 aromatic heterocycles. The van der Waals surface area contributed by atoms with Crippen molar-refractivity contribution in [1.29, 1.82) is 0 Å². The third-order valence-electron chi connectivity index (χ3n) is 12.1. The molecule has 3 rings (SSSR count). The van der Waals surface area contributed by atoms with Crippen molar-refractivity contribution in [1.82, 2.24) is 62.8 Å². The molecule has 2 heterocycles. The van der Waals surface area contributed by atoms with Gasteiger partial charge in [0.1, 0.15) is 53.9 Å². The van der Waals surface area contributed by atoms with Gasteiger partial charge in [-0.05, 0) is 82.4 Å². The number of carbonyl (C=O) groups excluding carboxylic acids is 12. The zero-order valence-electron chi connectivity index (χ0n) is 47.1. The number of imidazole rings is 1. The van der Waals surface area contributed by atoms with Crippen LogP contribution in [0.25, 0.3) is 10.9 Å². The average Bonchev–Trinajstić information content (AvgIpc) is 4.05. The highest BCUT2D eigenvalue weighted by Gasteiger charge is 2.35. The van der Waals surface area contributed by atoms with Gasteiger partial charge in [-0.1, -0.05) is 45.9 Å². The fourth-order valence-corrected chi connectivity index (χ4v) is 8.52. The standard InChI is InChI=1S/C52H79N15O13S/c1-26(2)18-35(63-45(73)32(43(55)71)16-17-81-9)48(76)64-37(20-30-23-56-25-59-30)46(74)58-24-41(70)67-42(27(3)4)50(78)60-28(5)44(72)62-36(19-29-22-57-33-13-11-10-12-31(29)33)49(77)61-34(14-15-38(53)68)47(75)65-40(21-39(54)69)66-51(79)80-52(6,7)8/h10-13,22-23,25-28,32,34-37,40,42,57H,14-21,24H2,1-9H3,(H2,53,68)(H2,54,69)(H2,55,71)(H,56,59)(H,58,74)(H,60,78)(H,61,77)(H,62,72)(H,63,73)(H,64,76)(H,65,75)(H,66,79)(H,67,70)/t28-,32?,34-,35+,36+,37+,40-,42+/m0/s1. The van der Waals surface area contributed by atoms with E-state index >= 15 is 0 Å². The zero-order valence-corrected chi connectivity index (χ0v) is 47.9. The molecule has 0 aliphatic heterocycles. The van der Waals surface area contributed by atoms with Crippen LogP contribution in [-0.2, 0) is 70.3 Å². The van der Waals surface area contributed by atoms with Gasteiger partial charge in [0, 0.05) is 48.3 Å². The number of benzene rings is 1. The zero-order chi connectivity index (χ0) is 60.7. The number of aromatic nitrogens is 3. The van der Waals surface area contributed by atoms with E-state index in [9.17, 15) is 57.5 Å². The molecule has 28 nitrogen and oxygen atoms in total. The second kappa shape index (κ2) is 32.1. The number of primary amides is 3.